The zero-order valence-corrected chi connectivity index (χ0v) is 14.7. The molecule has 2 aromatic rings. The summed E-state index contributed by atoms with van der Waals surface area (Å²) in [4.78, 5) is 18.9. The van der Waals surface area contributed by atoms with Crippen LogP contribution in [0.2, 0.25) is 0 Å². The van der Waals surface area contributed by atoms with Crippen molar-refractivity contribution in [2.45, 2.75) is 11.5 Å². The first-order chi connectivity index (χ1) is 12.4. The molecule has 2 heterocycles. The maximum atomic E-state index is 13.1. The van der Waals surface area contributed by atoms with Crippen molar-refractivity contribution in [2.75, 3.05) is 31.1 Å². The Labute approximate surface area is 151 Å². The zero-order chi connectivity index (χ0) is 18.6. The van der Waals surface area contributed by atoms with Crippen LogP contribution in [0.4, 0.5) is 14.4 Å². The number of anilines is 1. The molecule has 1 aromatic heterocycles. The number of rotatable bonds is 4. The minimum absolute atomic E-state index is 0.209. The Balaban J connectivity index is 1.55. The molecule has 1 saturated heterocycles. The van der Waals surface area contributed by atoms with Crippen molar-refractivity contribution in [3.05, 3.63) is 54.4 Å². The number of hydrogen-bond acceptors (Lipinski definition) is 6. The van der Waals surface area contributed by atoms with Crippen LogP contribution in [0, 0.1) is 0 Å². The molecule has 3 rings (SSSR count). The number of halogens is 1. The Morgan fingerprint density at radius 2 is 1.81 bits per heavy atom. The van der Waals surface area contributed by atoms with Crippen molar-refractivity contribution in [2.24, 2.45) is 0 Å². The molecule has 1 fully saturated rings. The number of nitrogens with zero attached hydrogens (tertiary/aromatic N) is 3. The average Bonchev–Trinajstić information content (AvgIpc) is 2.66. The summed E-state index contributed by atoms with van der Waals surface area (Å²) in [6, 6.07) is 10.6. The maximum absolute atomic E-state index is 13.1. The van der Waals surface area contributed by atoms with Gasteiger partial charge < -0.3 is 14.5 Å². The van der Waals surface area contributed by atoms with Gasteiger partial charge in [-0.1, -0.05) is 30.3 Å². The first-order valence-electron chi connectivity index (χ1n) is 8.04. The van der Waals surface area contributed by atoms with E-state index in [0.29, 0.717) is 31.9 Å². The van der Waals surface area contributed by atoms with Crippen molar-refractivity contribution in [3.8, 4) is 0 Å². The Morgan fingerprint density at radius 1 is 1.12 bits per heavy atom. The molecule has 26 heavy (non-hydrogen) atoms. The van der Waals surface area contributed by atoms with E-state index in [1.165, 1.54) is 12.3 Å². The summed E-state index contributed by atoms with van der Waals surface area (Å²) in [6.45, 7) is 1.98. The summed E-state index contributed by atoms with van der Waals surface area (Å²) in [5.74, 6) is 0. The Morgan fingerprint density at radius 3 is 2.46 bits per heavy atom. The first-order valence-corrected chi connectivity index (χ1v) is 9.42. The lowest BCUT2D eigenvalue weighted by Gasteiger charge is -2.35. The third-order valence-electron chi connectivity index (χ3n) is 4.09. The highest BCUT2D eigenvalue weighted by molar-refractivity contribution is 7.86. The summed E-state index contributed by atoms with van der Waals surface area (Å²) < 4.78 is 40.4. The molecule has 7 nitrogen and oxygen atoms in total. The van der Waals surface area contributed by atoms with E-state index in [0.717, 1.165) is 11.8 Å². The van der Waals surface area contributed by atoms with E-state index < -0.39 is 21.2 Å². The van der Waals surface area contributed by atoms with Crippen molar-refractivity contribution in [1.82, 2.24) is 9.88 Å². The van der Waals surface area contributed by atoms with Crippen molar-refractivity contribution in [3.63, 3.8) is 0 Å². The SMILES string of the molecule is O=C(OCc1ccccc1)N1CCN(c2cncc(S(=O)(=O)F)c2)CC1. The van der Waals surface area contributed by atoms with Crippen LogP contribution in [0.15, 0.2) is 53.7 Å². The summed E-state index contributed by atoms with van der Waals surface area (Å²) in [6.07, 6.45) is 2.04. The fraction of sp³-hybridized carbons (Fsp3) is 0.294. The maximum Gasteiger partial charge on any atom is 0.410 e. The molecule has 9 heteroatoms. The van der Waals surface area contributed by atoms with Crippen LogP contribution < -0.4 is 4.90 Å². The van der Waals surface area contributed by atoms with E-state index >= 15 is 0 Å². The summed E-state index contributed by atoms with van der Waals surface area (Å²) in [5.41, 5.74) is 1.41. The van der Waals surface area contributed by atoms with Gasteiger partial charge in [-0.25, -0.2) is 4.79 Å². The van der Waals surface area contributed by atoms with Crippen molar-refractivity contribution < 1.29 is 21.8 Å². The van der Waals surface area contributed by atoms with Crippen LogP contribution in [-0.2, 0) is 21.6 Å². The van der Waals surface area contributed by atoms with Crippen LogP contribution in [0.3, 0.4) is 0 Å². The van der Waals surface area contributed by atoms with E-state index in [4.69, 9.17) is 4.74 Å². The minimum Gasteiger partial charge on any atom is -0.445 e. The van der Waals surface area contributed by atoms with Crippen molar-refractivity contribution >= 4 is 22.0 Å². The quantitative estimate of drug-likeness (QED) is 0.758. The average molecular weight is 379 g/mol. The molecule has 1 amide bonds. The van der Waals surface area contributed by atoms with Gasteiger partial charge in [0.1, 0.15) is 11.5 Å². The predicted octanol–water partition coefficient (Wildman–Crippen LogP) is 2.20. The number of amides is 1. The van der Waals surface area contributed by atoms with E-state index in [-0.39, 0.29) is 6.61 Å². The fourth-order valence-corrected chi connectivity index (χ4v) is 3.12. The van der Waals surface area contributed by atoms with Crippen LogP contribution in [0.1, 0.15) is 5.56 Å². The molecule has 0 spiro atoms. The van der Waals surface area contributed by atoms with Gasteiger partial charge in [0.2, 0.25) is 0 Å². The third kappa shape index (κ3) is 4.48. The lowest BCUT2D eigenvalue weighted by atomic mass is 10.2. The van der Waals surface area contributed by atoms with Crippen LogP contribution in [0.25, 0.3) is 0 Å². The number of hydrogen-bond donors (Lipinski definition) is 0. The molecule has 0 bridgehead atoms. The molecule has 1 aromatic carbocycles. The van der Waals surface area contributed by atoms with Gasteiger partial charge in [-0.2, -0.15) is 8.42 Å². The summed E-state index contributed by atoms with van der Waals surface area (Å²) >= 11 is 0. The number of ether oxygens (including phenoxy) is 1. The zero-order valence-electron chi connectivity index (χ0n) is 13.9. The highest BCUT2D eigenvalue weighted by Gasteiger charge is 2.23. The van der Waals surface area contributed by atoms with Gasteiger partial charge in [-0.15, -0.1) is 3.89 Å². The van der Waals surface area contributed by atoms with Gasteiger partial charge >= 0.3 is 16.3 Å². The Kier molecular flexibility index (Phi) is 5.36. The highest BCUT2D eigenvalue weighted by Crippen LogP contribution is 2.20. The molecule has 0 radical (unpaired) electrons. The Bertz CT molecular complexity index is 869. The number of benzene rings is 1. The van der Waals surface area contributed by atoms with Gasteiger partial charge in [0, 0.05) is 32.4 Å². The second kappa shape index (κ2) is 7.69. The number of carbonyl (C=O) groups excluding carboxylic acids is 1. The number of carbonyl (C=O) groups is 1. The van der Waals surface area contributed by atoms with Gasteiger partial charge in [-0.3, -0.25) is 4.98 Å². The predicted molar refractivity (Wildman–Crippen MR) is 92.9 cm³/mol. The lowest BCUT2D eigenvalue weighted by molar-refractivity contribution is 0.0942. The number of aromatic nitrogens is 1. The molecule has 0 saturated carbocycles. The summed E-state index contributed by atoms with van der Waals surface area (Å²) in [5, 5.41) is 0. The molecule has 138 valence electrons. The molecule has 1 aliphatic rings. The number of piperazine rings is 1. The molecule has 0 aliphatic carbocycles. The highest BCUT2D eigenvalue weighted by atomic mass is 32.3. The van der Waals surface area contributed by atoms with E-state index in [9.17, 15) is 17.1 Å². The lowest BCUT2D eigenvalue weighted by Crippen LogP contribution is -2.49. The number of pyridine rings is 1. The summed E-state index contributed by atoms with van der Waals surface area (Å²) in [7, 11) is -4.80. The monoisotopic (exact) mass is 379 g/mol. The van der Waals surface area contributed by atoms with Crippen LogP contribution in [0.5, 0.6) is 0 Å². The van der Waals surface area contributed by atoms with Crippen molar-refractivity contribution in [1.29, 1.82) is 0 Å². The van der Waals surface area contributed by atoms with Gasteiger partial charge in [0.25, 0.3) is 0 Å². The standard InChI is InChI=1S/C17H18FN3O4S/c18-26(23,24)16-10-15(11-19-12-16)20-6-8-21(9-7-20)17(22)25-13-14-4-2-1-3-5-14/h1-5,10-12H,6-9,13H2. The van der Waals surface area contributed by atoms with E-state index in [1.54, 1.807) is 4.90 Å². The minimum atomic E-state index is -4.80. The first kappa shape index (κ1) is 18.1. The molecule has 1 aliphatic heterocycles. The molecule has 0 unspecified atom stereocenters. The van der Waals surface area contributed by atoms with E-state index in [2.05, 4.69) is 4.98 Å². The fourth-order valence-electron chi connectivity index (χ4n) is 2.67. The normalized spacial score (nSPS) is 15.0. The van der Waals surface area contributed by atoms with Gasteiger partial charge in [0.15, 0.2) is 0 Å². The molecular weight excluding hydrogens is 361 g/mol. The molecule has 0 atom stereocenters. The van der Waals surface area contributed by atoms with Gasteiger partial charge in [-0.05, 0) is 11.6 Å². The molecular formula is C17H18FN3O4S. The van der Waals surface area contributed by atoms with E-state index in [1.807, 2.05) is 35.2 Å². The Hall–Kier alpha value is -2.68. The largest absolute Gasteiger partial charge is 0.445 e. The topological polar surface area (TPSA) is 79.8 Å². The van der Waals surface area contributed by atoms with Crippen LogP contribution >= 0.6 is 0 Å². The van der Waals surface area contributed by atoms with Crippen LogP contribution in [-0.4, -0.2) is 50.6 Å². The third-order valence-corrected chi connectivity index (χ3v) is 4.87. The smallest absolute Gasteiger partial charge is 0.410 e. The molecule has 0 N–H and O–H groups in total. The van der Waals surface area contributed by atoms with Gasteiger partial charge in [0.05, 0.1) is 11.9 Å². The second-order valence-electron chi connectivity index (χ2n) is 5.83. The second-order valence-corrected chi connectivity index (χ2v) is 7.18.